The summed E-state index contributed by atoms with van der Waals surface area (Å²) < 4.78 is 6.36. The van der Waals surface area contributed by atoms with E-state index in [1.165, 1.54) is 6.42 Å². The fourth-order valence-electron chi connectivity index (χ4n) is 7.08. The van der Waals surface area contributed by atoms with E-state index in [1.54, 1.807) is 26.0 Å². The van der Waals surface area contributed by atoms with Gasteiger partial charge in [0.15, 0.2) is 0 Å². The van der Waals surface area contributed by atoms with Crippen LogP contribution in [0.25, 0.3) is 0 Å². The van der Waals surface area contributed by atoms with Crippen LogP contribution >= 0.6 is 0 Å². The third-order valence-electron chi connectivity index (χ3n) is 10.1. The Bertz CT molecular complexity index is 1020. The number of rotatable bonds is 9. The Morgan fingerprint density at radius 1 is 1.11 bits per heavy atom. The van der Waals surface area contributed by atoms with Gasteiger partial charge in [-0.3, -0.25) is 9.59 Å². The molecule has 5 unspecified atom stereocenters. The Morgan fingerprint density at radius 3 is 2.14 bits per heavy atom. The van der Waals surface area contributed by atoms with Gasteiger partial charge in [0.05, 0.1) is 22.5 Å². The first-order valence-corrected chi connectivity index (χ1v) is 13.0. The van der Waals surface area contributed by atoms with E-state index in [1.807, 2.05) is 19.1 Å². The average molecular weight is 482 g/mol. The maximum absolute atomic E-state index is 14.0. The van der Waals surface area contributed by atoms with Crippen LogP contribution in [0.1, 0.15) is 105 Å². The van der Waals surface area contributed by atoms with E-state index in [2.05, 4.69) is 40.7 Å². The SMILES string of the molecule is CCC(C)(CC(C)(CC(C)(C)C(=O)O)C(=O)OC1CC2CCC1(C)C2(C)C)c1ccc(C#N)cc1. The molecule has 35 heavy (non-hydrogen) atoms. The number of nitriles is 1. The molecule has 0 saturated heterocycles. The molecule has 0 amide bonds. The maximum Gasteiger partial charge on any atom is 0.312 e. The number of hydrogen-bond donors (Lipinski definition) is 1. The molecule has 0 heterocycles. The zero-order chi connectivity index (χ0) is 26.4. The van der Waals surface area contributed by atoms with Crippen molar-refractivity contribution in [3.05, 3.63) is 35.4 Å². The van der Waals surface area contributed by atoms with E-state index in [-0.39, 0.29) is 34.7 Å². The van der Waals surface area contributed by atoms with Crippen LogP contribution in [0.2, 0.25) is 0 Å². The van der Waals surface area contributed by atoms with Crippen LogP contribution in [-0.2, 0) is 19.7 Å². The predicted octanol–water partition coefficient (Wildman–Crippen LogP) is 6.88. The Hall–Kier alpha value is -2.35. The van der Waals surface area contributed by atoms with Gasteiger partial charge in [0, 0.05) is 5.41 Å². The molecule has 2 bridgehead atoms. The van der Waals surface area contributed by atoms with Crippen LogP contribution in [0, 0.1) is 38.9 Å². The minimum Gasteiger partial charge on any atom is -0.481 e. The number of aliphatic carboxylic acids is 1. The number of benzene rings is 1. The van der Waals surface area contributed by atoms with Crippen LogP contribution in [0.15, 0.2) is 24.3 Å². The number of carboxylic acids is 1. The van der Waals surface area contributed by atoms with E-state index < -0.39 is 16.8 Å². The van der Waals surface area contributed by atoms with Gasteiger partial charge in [0.1, 0.15) is 6.10 Å². The van der Waals surface area contributed by atoms with Crippen molar-refractivity contribution in [2.24, 2.45) is 27.6 Å². The fourth-order valence-corrected chi connectivity index (χ4v) is 7.08. The van der Waals surface area contributed by atoms with Crippen LogP contribution < -0.4 is 0 Å². The van der Waals surface area contributed by atoms with Crippen molar-refractivity contribution in [3.63, 3.8) is 0 Å². The second-order valence-electron chi connectivity index (χ2n) is 13.2. The monoisotopic (exact) mass is 481 g/mol. The average Bonchev–Trinajstić information content (AvgIpc) is 3.12. The lowest BCUT2D eigenvalue weighted by atomic mass is 9.63. The van der Waals surface area contributed by atoms with Crippen LogP contribution in [0.3, 0.4) is 0 Å². The first kappa shape index (κ1) is 27.2. The summed E-state index contributed by atoms with van der Waals surface area (Å²) >= 11 is 0. The molecule has 1 N–H and O–H groups in total. The number of fused-ring (bicyclic) bond motifs is 2. The number of nitrogens with zero attached hydrogens (tertiary/aromatic N) is 1. The van der Waals surface area contributed by atoms with Gasteiger partial charge in [0.25, 0.3) is 0 Å². The van der Waals surface area contributed by atoms with Crippen molar-refractivity contribution in [1.82, 2.24) is 0 Å². The highest BCUT2D eigenvalue weighted by Gasteiger charge is 2.63. The van der Waals surface area contributed by atoms with Crippen molar-refractivity contribution >= 4 is 11.9 Å². The molecule has 5 heteroatoms. The van der Waals surface area contributed by atoms with Gasteiger partial charge >= 0.3 is 11.9 Å². The summed E-state index contributed by atoms with van der Waals surface area (Å²) in [7, 11) is 0. The molecule has 2 aliphatic rings. The fraction of sp³-hybridized carbons (Fsp3) is 0.700. The van der Waals surface area contributed by atoms with E-state index in [0.29, 0.717) is 17.9 Å². The van der Waals surface area contributed by atoms with Gasteiger partial charge in [-0.15, -0.1) is 0 Å². The molecule has 3 rings (SSSR count). The molecule has 5 nitrogen and oxygen atoms in total. The summed E-state index contributed by atoms with van der Waals surface area (Å²) in [6.45, 7) is 16.3. The molecule has 0 aromatic heterocycles. The van der Waals surface area contributed by atoms with E-state index in [4.69, 9.17) is 4.74 Å². The van der Waals surface area contributed by atoms with Gasteiger partial charge in [-0.2, -0.15) is 5.26 Å². The van der Waals surface area contributed by atoms with E-state index in [9.17, 15) is 20.0 Å². The largest absolute Gasteiger partial charge is 0.481 e. The molecule has 1 aromatic carbocycles. The first-order valence-electron chi connectivity index (χ1n) is 13.0. The molecule has 0 radical (unpaired) electrons. The van der Waals surface area contributed by atoms with Crippen molar-refractivity contribution in [2.75, 3.05) is 0 Å². The van der Waals surface area contributed by atoms with Crippen LogP contribution in [0.5, 0.6) is 0 Å². The summed E-state index contributed by atoms with van der Waals surface area (Å²) in [5, 5.41) is 19.1. The van der Waals surface area contributed by atoms with E-state index in [0.717, 1.165) is 24.8 Å². The Kier molecular flexibility index (Phi) is 6.96. The zero-order valence-corrected chi connectivity index (χ0v) is 22.8. The molecule has 5 atom stereocenters. The highest BCUT2D eigenvalue weighted by Crippen LogP contribution is 2.66. The molecule has 0 aliphatic heterocycles. The van der Waals surface area contributed by atoms with Gasteiger partial charge < -0.3 is 9.84 Å². The first-order chi connectivity index (χ1) is 16.0. The number of esters is 1. The van der Waals surface area contributed by atoms with Crippen molar-refractivity contribution in [2.45, 2.75) is 105 Å². The predicted molar refractivity (Wildman–Crippen MR) is 137 cm³/mol. The number of ether oxygens (including phenoxy) is 1. The molecule has 2 saturated carbocycles. The van der Waals surface area contributed by atoms with Crippen molar-refractivity contribution < 1.29 is 19.4 Å². The van der Waals surface area contributed by atoms with Crippen molar-refractivity contribution in [1.29, 1.82) is 5.26 Å². The highest BCUT2D eigenvalue weighted by molar-refractivity contribution is 5.80. The Morgan fingerprint density at radius 2 is 1.71 bits per heavy atom. The van der Waals surface area contributed by atoms with Crippen LogP contribution in [0.4, 0.5) is 0 Å². The summed E-state index contributed by atoms with van der Waals surface area (Å²) in [4.78, 5) is 26.1. The molecular weight excluding hydrogens is 438 g/mol. The lowest BCUT2D eigenvalue weighted by Gasteiger charge is -2.43. The van der Waals surface area contributed by atoms with Crippen molar-refractivity contribution in [3.8, 4) is 6.07 Å². The smallest absolute Gasteiger partial charge is 0.312 e. The van der Waals surface area contributed by atoms with Gasteiger partial charge in [-0.05, 0) is 93.7 Å². The van der Waals surface area contributed by atoms with Gasteiger partial charge in [-0.25, -0.2) is 0 Å². The summed E-state index contributed by atoms with van der Waals surface area (Å²) in [5.74, 6) is -0.651. The molecule has 2 fully saturated rings. The summed E-state index contributed by atoms with van der Waals surface area (Å²) in [6, 6.07) is 9.67. The zero-order valence-electron chi connectivity index (χ0n) is 22.8. The number of hydrogen-bond acceptors (Lipinski definition) is 4. The minimum atomic E-state index is -1.08. The van der Waals surface area contributed by atoms with Gasteiger partial charge in [0.2, 0.25) is 0 Å². The maximum atomic E-state index is 14.0. The number of carbonyl (C=O) groups excluding carboxylic acids is 1. The van der Waals surface area contributed by atoms with Crippen LogP contribution in [-0.4, -0.2) is 23.1 Å². The van der Waals surface area contributed by atoms with Gasteiger partial charge in [-0.1, -0.05) is 46.8 Å². The summed E-state index contributed by atoms with van der Waals surface area (Å²) in [6.07, 6.45) is 4.40. The number of carbonyl (C=O) groups is 2. The minimum absolute atomic E-state index is 0.0578. The third kappa shape index (κ3) is 4.61. The Labute approximate surface area is 211 Å². The Balaban J connectivity index is 1.95. The lowest BCUT2D eigenvalue weighted by Crippen LogP contribution is -2.46. The molecule has 192 valence electrons. The standard InChI is InChI=1S/C30H43NO4/c1-9-28(6,21-12-10-20(17-31)11-13-21)19-29(7,18-26(2,3)24(32)33)25(34)35-23-16-22-14-15-30(23,8)27(22,4)5/h10-13,22-23H,9,14-16,18-19H2,1-8H3,(H,32,33). The van der Waals surface area contributed by atoms with E-state index >= 15 is 0 Å². The normalized spacial score (nSPS) is 28.5. The molecular formula is C30H43NO4. The highest BCUT2D eigenvalue weighted by atomic mass is 16.5. The topological polar surface area (TPSA) is 87.4 Å². The molecule has 2 aliphatic carbocycles. The molecule has 1 aromatic rings. The quantitative estimate of drug-likeness (QED) is 0.388. The second kappa shape index (κ2) is 8.95. The third-order valence-corrected chi connectivity index (χ3v) is 10.1. The summed E-state index contributed by atoms with van der Waals surface area (Å²) in [5.41, 5.74) is -0.748. The molecule has 0 spiro atoms. The lowest BCUT2D eigenvalue weighted by molar-refractivity contribution is -0.173. The number of carboxylic acid groups (broad SMARTS) is 1. The second-order valence-corrected chi connectivity index (χ2v) is 13.2.